The Morgan fingerprint density at radius 2 is 1.87 bits per heavy atom. The van der Waals surface area contributed by atoms with Crippen LogP contribution in [0.25, 0.3) is 10.9 Å². The van der Waals surface area contributed by atoms with E-state index in [0.29, 0.717) is 60.6 Å². The van der Waals surface area contributed by atoms with Crippen molar-refractivity contribution in [1.82, 2.24) is 14.5 Å². The molecule has 162 valence electrons. The summed E-state index contributed by atoms with van der Waals surface area (Å²) in [7, 11) is 3.12. The highest BCUT2D eigenvalue weighted by Gasteiger charge is 2.20. The number of para-hydroxylation sites is 1. The number of methoxy groups -OCH3 is 2. The number of hydrogen-bond acceptors (Lipinski definition) is 6. The van der Waals surface area contributed by atoms with Gasteiger partial charge in [0.1, 0.15) is 11.6 Å². The predicted molar refractivity (Wildman–Crippen MR) is 120 cm³/mol. The molecule has 0 atom stereocenters. The van der Waals surface area contributed by atoms with E-state index in [9.17, 15) is 9.90 Å². The van der Waals surface area contributed by atoms with Gasteiger partial charge in [-0.05, 0) is 18.1 Å². The van der Waals surface area contributed by atoms with Crippen LogP contribution in [0.4, 0.5) is 0 Å². The summed E-state index contributed by atoms with van der Waals surface area (Å²) < 4.78 is 12.5. The molecule has 0 bridgehead atoms. The summed E-state index contributed by atoms with van der Waals surface area (Å²) in [5, 5.41) is 11.1. The average Bonchev–Trinajstić information content (AvgIpc) is 2.98. The Kier molecular flexibility index (Phi) is 5.95. The van der Waals surface area contributed by atoms with Crippen LogP contribution in [-0.2, 0) is 25.9 Å². The zero-order valence-electron chi connectivity index (χ0n) is 17.9. The van der Waals surface area contributed by atoms with Crippen LogP contribution in [0.2, 0.25) is 0 Å². The number of allylic oxidation sites excluding steroid dienone is 1. The Bertz CT molecular complexity index is 1190. The van der Waals surface area contributed by atoms with E-state index in [0.717, 1.165) is 23.5 Å². The number of aromatic nitrogens is 2. The quantitative estimate of drug-likeness (QED) is 0.617. The molecule has 1 aromatic heterocycles. The van der Waals surface area contributed by atoms with E-state index in [1.807, 2.05) is 18.2 Å². The minimum atomic E-state index is -0.0707. The molecular formula is C24H27N3O4. The largest absolute Gasteiger partial charge is 0.507 e. The van der Waals surface area contributed by atoms with Gasteiger partial charge >= 0.3 is 0 Å². The molecular weight excluding hydrogens is 394 g/mol. The molecule has 4 rings (SSSR count). The first kappa shape index (κ1) is 20.9. The Labute approximate surface area is 181 Å². The predicted octanol–water partition coefficient (Wildman–Crippen LogP) is 2.91. The van der Waals surface area contributed by atoms with Gasteiger partial charge in [0, 0.05) is 44.2 Å². The smallest absolute Gasteiger partial charge is 0.261 e. The van der Waals surface area contributed by atoms with Crippen molar-refractivity contribution >= 4 is 10.9 Å². The van der Waals surface area contributed by atoms with Crippen LogP contribution in [0.1, 0.15) is 17.0 Å². The third kappa shape index (κ3) is 4.01. The molecule has 0 aliphatic carbocycles. The summed E-state index contributed by atoms with van der Waals surface area (Å²) in [6, 6.07) is 9.26. The monoisotopic (exact) mass is 421 g/mol. The summed E-state index contributed by atoms with van der Waals surface area (Å²) in [6.45, 7) is 6.35. The molecule has 0 fully saturated rings. The fraction of sp³-hybridized carbons (Fsp3) is 0.333. The average molecular weight is 421 g/mol. The first-order valence-corrected chi connectivity index (χ1v) is 10.3. The summed E-state index contributed by atoms with van der Waals surface area (Å²) >= 11 is 0. The topological polar surface area (TPSA) is 76.8 Å². The fourth-order valence-corrected chi connectivity index (χ4v) is 4.12. The van der Waals surface area contributed by atoms with Crippen LogP contribution in [0.5, 0.6) is 17.2 Å². The standard InChI is InChI=1S/C24H27N3O4/c1-4-6-16-7-5-8-17(23(16)28)15-26-10-9-22-25-19-14-21(31-3)20(30-2)13-18(19)24(29)27(22)12-11-26/h4-5,7-8,13-14,28H,1,6,9-12,15H2,2-3H3. The number of nitrogens with zero attached hydrogens (tertiary/aromatic N) is 3. The SMILES string of the molecule is C=CCc1cccc(CN2CCc3nc4cc(OC)c(OC)cc4c(=O)n3CC2)c1O. The number of phenolic OH excluding ortho intramolecular Hbond substituents is 1. The van der Waals surface area contributed by atoms with Crippen molar-refractivity contribution in [1.29, 1.82) is 0 Å². The molecule has 7 nitrogen and oxygen atoms in total. The number of phenols is 1. The van der Waals surface area contributed by atoms with Crippen molar-refractivity contribution in [3.8, 4) is 17.2 Å². The number of aromatic hydroxyl groups is 1. The van der Waals surface area contributed by atoms with Crippen LogP contribution >= 0.6 is 0 Å². The maximum Gasteiger partial charge on any atom is 0.261 e. The van der Waals surface area contributed by atoms with Crippen LogP contribution in [0.15, 0.2) is 47.8 Å². The van der Waals surface area contributed by atoms with E-state index in [2.05, 4.69) is 11.5 Å². The Morgan fingerprint density at radius 1 is 1.13 bits per heavy atom. The summed E-state index contributed by atoms with van der Waals surface area (Å²) in [5.41, 5.74) is 2.29. The van der Waals surface area contributed by atoms with E-state index in [1.54, 1.807) is 37.0 Å². The summed E-state index contributed by atoms with van der Waals surface area (Å²) in [4.78, 5) is 20.2. The lowest BCUT2D eigenvalue weighted by atomic mass is 10.1. The van der Waals surface area contributed by atoms with Crippen molar-refractivity contribution in [2.24, 2.45) is 0 Å². The third-order valence-electron chi connectivity index (χ3n) is 5.79. The van der Waals surface area contributed by atoms with Gasteiger partial charge in [0.25, 0.3) is 5.56 Å². The molecule has 0 saturated heterocycles. The number of ether oxygens (including phenoxy) is 2. The van der Waals surface area contributed by atoms with E-state index in [1.165, 1.54) is 0 Å². The molecule has 0 unspecified atom stereocenters. The highest BCUT2D eigenvalue weighted by atomic mass is 16.5. The van der Waals surface area contributed by atoms with Crippen molar-refractivity contribution in [2.45, 2.75) is 25.9 Å². The fourth-order valence-electron chi connectivity index (χ4n) is 4.12. The van der Waals surface area contributed by atoms with Gasteiger partial charge in [-0.15, -0.1) is 6.58 Å². The van der Waals surface area contributed by atoms with Gasteiger partial charge in [-0.2, -0.15) is 0 Å². The number of fused-ring (bicyclic) bond motifs is 2. The lowest BCUT2D eigenvalue weighted by Crippen LogP contribution is -2.28. The van der Waals surface area contributed by atoms with Gasteiger partial charge in [0.15, 0.2) is 11.5 Å². The second-order valence-electron chi connectivity index (χ2n) is 7.65. The molecule has 0 radical (unpaired) electrons. The van der Waals surface area contributed by atoms with Crippen LogP contribution in [-0.4, -0.2) is 46.9 Å². The Hall–Kier alpha value is -3.32. The van der Waals surface area contributed by atoms with Crippen molar-refractivity contribution < 1.29 is 14.6 Å². The first-order valence-electron chi connectivity index (χ1n) is 10.3. The van der Waals surface area contributed by atoms with E-state index >= 15 is 0 Å². The van der Waals surface area contributed by atoms with Gasteiger partial charge in [-0.25, -0.2) is 4.98 Å². The summed E-state index contributed by atoms with van der Waals surface area (Å²) in [5.74, 6) is 2.15. The van der Waals surface area contributed by atoms with Gasteiger partial charge in [-0.3, -0.25) is 14.3 Å². The molecule has 1 N–H and O–H groups in total. The highest BCUT2D eigenvalue weighted by Crippen LogP contribution is 2.30. The second-order valence-corrected chi connectivity index (χ2v) is 7.65. The zero-order valence-corrected chi connectivity index (χ0v) is 17.9. The molecule has 7 heteroatoms. The molecule has 0 amide bonds. The van der Waals surface area contributed by atoms with Gasteiger partial charge in [0.05, 0.1) is 25.1 Å². The number of rotatable bonds is 6. The maximum absolute atomic E-state index is 13.2. The Morgan fingerprint density at radius 3 is 2.61 bits per heavy atom. The summed E-state index contributed by atoms with van der Waals surface area (Å²) in [6.07, 6.45) is 3.06. The molecule has 0 spiro atoms. The van der Waals surface area contributed by atoms with E-state index in [-0.39, 0.29) is 5.56 Å². The van der Waals surface area contributed by atoms with Crippen LogP contribution in [0, 0.1) is 0 Å². The lowest BCUT2D eigenvalue weighted by molar-refractivity contribution is 0.267. The van der Waals surface area contributed by atoms with Crippen molar-refractivity contribution in [3.05, 3.63) is 70.3 Å². The molecule has 0 saturated carbocycles. The molecule has 2 heterocycles. The molecule has 2 aromatic carbocycles. The van der Waals surface area contributed by atoms with Crippen LogP contribution in [0.3, 0.4) is 0 Å². The van der Waals surface area contributed by atoms with Gasteiger partial charge in [0.2, 0.25) is 0 Å². The molecule has 1 aliphatic heterocycles. The zero-order chi connectivity index (χ0) is 22.0. The maximum atomic E-state index is 13.2. The number of hydrogen-bond donors (Lipinski definition) is 1. The Balaban J connectivity index is 1.62. The van der Waals surface area contributed by atoms with Crippen molar-refractivity contribution in [3.63, 3.8) is 0 Å². The molecule has 3 aromatic rings. The van der Waals surface area contributed by atoms with E-state index in [4.69, 9.17) is 14.5 Å². The van der Waals surface area contributed by atoms with Crippen molar-refractivity contribution in [2.75, 3.05) is 27.3 Å². The lowest BCUT2D eigenvalue weighted by Gasteiger charge is -2.20. The van der Waals surface area contributed by atoms with Crippen LogP contribution < -0.4 is 15.0 Å². The highest BCUT2D eigenvalue weighted by molar-refractivity contribution is 5.82. The van der Waals surface area contributed by atoms with E-state index < -0.39 is 0 Å². The normalized spacial score (nSPS) is 14.1. The third-order valence-corrected chi connectivity index (χ3v) is 5.79. The molecule has 1 aliphatic rings. The first-order chi connectivity index (χ1) is 15.0. The molecule has 31 heavy (non-hydrogen) atoms. The second kappa shape index (κ2) is 8.81. The minimum Gasteiger partial charge on any atom is -0.507 e. The van der Waals surface area contributed by atoms with Gasteiger partial charge in [-0.1, -0.05) is 24.3 Å². The van der Waals surface area contributed by atoms with Gasteiger partial charge < -0.3 is 14.6 Å². The minimum absolute atomic E-state index is 0.0707. The number of benzene rings is 2.